The standard InChI is InChI=1S/C7H8N2/c1-9-5-3-7(6-9)2-4-8/h3,5-6H,2H2,1H3. The first kappa shape index (κ1) is 5.90. The van der Waals surface area contributed by atoms with Crippen LogP contribution in [0.15, 0.2) is 18.5 Å². The van der Waals surface area contributed by atoms with Crippen LogP contribution in [0.1, 0.15) is 5.56 Å². The molecule has 0 bridgehead atoms. The Morgan fingerprint density at radius 1 is 1.78 bits per heavy atom. The van der Waals surface area contributed by atoms with Gasteiger partial charge in [-0.15, -0.1) is 0 Å². The predicted octanol–water partition coefficient (Wildman–Crippen LogP) is 1.09. The van der Waals surface area contributed by atoms with E-state index in [1.54, 1.807) is 0 Å². The van der Waals surface area contributed by atoms with E-state index >= 15 is 0 Å². The molecule has 0 amide bonds. The zero-order valence-electron chi connectivity index (χ0n) is 5.33. The van der Waals surface area contributed by atoms with E-state index in [0.29, 0.717) is 6.42 Å². The van der Waals surface area contributed by atoms with Crippen molar-refractivity contribution in [3.8, 4) is 6.07 Å². The van der Waals surface area contributed by atoms with E-state index in [0.717, 1.165) is 5.56 Å². The molecule has 0 aliphatic rings. The Bertz CT molecular complexity index is 229. The molecule has 1 aromatic heterocycles. The Balaban J connectivity index is 2.76. The van der Waals surface area contributed by atoms with Gasteiger partial charge in [-0.25, -0.2) is 0 Å². The highest BCUT2D eigenvalue weighted by Gasteiger charge is 1.89. The Morgan fingerprint density at radius 3 is 3.00 bits per heavy atom. The first-order valence-electron chi connectivity index (χ1n) is 2.81. The van der Waals surface area contributed by atoms with Crippen molar-refractivity contribution in [3.63, 3.8) is 0 Å². The second-order valence-corrected chi connectivity index (χ2v) is 2.02. The van der Waals surface area contributed by atoms with Crippen molar-refractivity contribution >= 4 is 0 Å². The molecule has 0 atom stereocenters. The molecule has 2 heteroatoms. The van der Waals surface area contributed by atoms with Crippen LogP contribution >= 0.6 is 0 Å². The van der Waals surface area contributed by atoms with Gasteiger partial charge in [0, 0.05) is 19.4 Å². The number of rotatable bonds is 1. The number of aromatic nitrogens is 1. The average Bonchev–Trinajstić information content (AvgIpc) is 2.17. The molecule has 1 rings (SSSR count). The summed E-state index contributed by atoms with van der Waals surface area (Å²) in [6.07, 6.45) is 4.40. The quantitative estimate of drug-likeness (QED) is 0.545. The summed E-state index contributed by atoms with van der Waals surface area (Å²) in [5, 5.41) is 8.27. The highest BCUT2D eigenvalue weighted by atomic mass is 14.9. The zero-order valence-corrected chi connectivity index (χ0v) is 5.33. The monoisotopic (exact) mass is 120 g/mol. The first-order chi connectivity index (χ1) is 4.33. The van der Waals surface area contributed by atoms with E-state index in [4.69, 9.17) is 5.26 Å². The second-order valence-electron chi connectivity index (χ2n) is 2.02. The van der Waals surface area contributed by atoms with Crippen LogP contribution in [-0.2, 0) is 13.5 Å². The lowest BCUT2D eigenvalue weighted by atomic mass is 10.3. The average molecular weight is 120 g/mol. The highest BCUT2D eigenvalue weighted by molar-refractivity contribution is 5.13. The maximum absolute atomic E-state index is 8.27. The normalized spacial score (nSPS) is 8.89. The summed E-state index contributed by atoms with van der Waals surface area (Å²) in [6.45, 7) is 0. The number of hydrogen-bond donors (Lipinski definition) is 0. The fraction of sp³-hybridized carbons (Fsp3) is 0.286. The van der Waals surface area contributed by atoms with Crippen LogP contribution in [0.5, 0.6) is 0 Å². The van der Waals surface area contributed by atoms with Crippen LogP contribution in [0, 0.1) is 11.3 Å². The van der Waals surface area contributed by atoms with Gasteiger partial charge in [-0.1, -0.05) is 0 Å². The van der Waals surface area contributed by atoms with E-state index in [1.807, 2.05) is 30.1 Å². The van der Waals surface area contributed by atoms with Crippen molar-refractivity contribution in [2.75, 3.05) is 0 Å². The zero-order chi connectivity index (χ0) is 6.69. The van der Waals surface area contributed by atoms with Gasteiger partial charge in [0.2, 0.25) is 0 Å². The molecule has 0 unspecified atom stereocenters. The van der Waals surface area contributed by atoms with E-state index < -0.39 is 0 Å². The van der Waals surface area contributed by atoms with Gasteiger partial charge in [0.05, 0.1) is 12.5 Å². The third kappa shape index (κ3) is 1.33. The van der Waals surface area contributed by atoms with Crippen LogP contribution in [0.3, 0.4) is 0 Å². The van der Waals surface area contributed by atoms with Crippen molar-refractivity contribution in [3.05, 3.63) is 24.0 Å². The molecule has 0 N–H and O–H groups in total. The van der Waals surface area contributed by atoms with Crippen LogP contribution < -0.4 is 0 Å². The first-order valence-corrected chi connectivity index (χ1v) is 2.81. The second kappa shape index (κ2) is 2.36. The van der Waals surface area contributed by atoms with Gasteiger partial charge in [-0.2, -0.15) is 5.26 Å². The number of nitrogens with zero attached hydrogens (tertiary/aromatic N) is 2. The molecule has 9 heavy (non-hydrogen) atoms. The Hall–Kier alpha value is -1.23. The topological polar surface area (TPSA) is 28.7 Å². The van der Waals surface area contributed by atoms with Gasteiger partial charge in [0.1, 0.15) is 0 Å². The van der Waals surface area contributed by atoms with E-state index in [-0.39, 0.29) is 0 Å². The Morgan fingerprint density at radius 2 is 2.56 bits per heavy atom. The fourth-order valence-corrected chi connectivity index (χ4v) is 0.757. The van der Waals surface area contributed by atoms with Crippen molar-refractivity contribution in [2.45, 2.75) is 6.42 Å². The molecule has 1 aromatic rings. The molecule has 2 nitrogen and oxygen atoms in total. The molecule has 0 aliphatic carbocycles. The van der Waals surface area contributed by atoms with Gasteiger partial charge in [-0.05, 0) is 11.6 Å². The number of nitriles is 1. The Labute approximate surface area is 54.3 Å². The van der Waals surface area contributed by atoms with Crippen LogP contribution in [0.2, 0.25) is 0 Å². The molecular weight excluding hydrogens is 112 g/mol. The third-order valence-corrected chi connectivity index (χ3v) is 1.18. The van der Waals surface area contributed by atoms with Gasteiger partial charge in [0.15, 0.2) is 0 Å². The molecule has 0 saturated heterocycles. The summed E-state index contributed by atoms with van der Waals surface area (Å²) in [5.41, 5.74) is 1.08. The number of hydrogen-bond acceptors (Lipinski definition) is 1. The summed E-state index contributed by atoms with van der Waals surface area (Å²) in [5.74, 6) is 0. The van der Waals surface area contributed by atoms with Crippen LogP contribution in [0.25, 0.3) is 0 Å². The molecule has 46 valence electrons. The SMILES string of the molecule is Cn1ccc(CC#N)c1. The molecule has 0 radical (unpaired) electrons. The Kier molecular flexibility index (Phi) is 1.55. The third-order valence-electron chi connectivity index (χ3n) is 1.18. The van der Waals surface area contributed by atoms with Gasteiger partial charge in [-0.3, -0.25) is 0 Å². The predicted molar refractivity (Wildman–Crippen MR) is 34.7 cm³/mol. The minimum absolute atomic E-state index is 0.515. The lowest BCUT2D eigenvalue weighted by Crippen LogP contribution is -1.79. The summed E-state index contributed by atoms with van der Waals surface area (Å²) in [7, 11) is 1.95. The van der Waals surface area contributed by atoms with Gasteiger partial charge < -0.3 is 4.57 Å². The van der Waals surface area contributed by atoms with Gasteiger partial charge >= 0.3 is 0 Å². The fourth-order valence-electron chi connectivity index (χ4n) is 0.757. The number of aryl methyl sites for hydroxylation is 1. The summed E-state index contributed by atoms with van der Waals surface area (Å²) in [6, 6.07) is 4.03. The molecule has 0 saturated carbocycles. The summed E-state index contributed by atoms with van der Waals surface area (Å²) < 4.78 is 1.94. The molecule has 0 spiro atoms. The van der Waals surface area contributed by atoms with Crippen molar-refractivity contribution < 1.29 is 0 Å². The lowest BCUT2D eigenvalue weighted by Gasteiger charge is -1.83. The largest absolute Gasteiger partial charge is 0.357 e. The maximum Gasteiger partial charge on any atom is 0.0670 e. The van der Waals surface area contributed by atoms with E-state index in [9.17, 15) is 0 Å². The maximum atomic E-state index is 8.27. The summed E-state index contributed by atoms with van der Waals surface area (Å²) >= 11 is 0. The molecular formula is C7H8N2. The molecule has 0 aromatic carbocycles. The van der Waals surface area contributed by atoms with Crippen molar-refractivity contribution in [1.29, 1.82) is 5.26 Å². The van der Waals surface area contributed by atoms with Crippen molar-refractivity contribution in [1.82, 2.24) is 4.57 Å². The molecule has 1 heterocycles. The van der Waals surface area contributed by atoms with Gasteiger partial charge in [0.25, 0.3) is 0 Å². The minimum Gasteiger partial charge on any atom is -0.357 e. The smallest absolute Gasteiger partial charge is 0.0670 e. The van der Waals surface area contributed by atoms with E-state index in [2.05, 4.69) is 6.07 Å². The molecule has 0 aliphatic heterocycles. The van der Waals surface area contributed by atoms with Crippen molar-refractivity contribution in [2.24, 2.45) is 7.05 Å². The van der Waals surface area contributed by atoms with Crippen LogP contribution in [0.4, 0.5) is 0 Å². The van der Waals surface area contributed by atoms with Crippen LogP contribution in [-0.4, -0.2) is 4.57 Å². The minimum atomic E-state index is 0.515. The highest BCUT2D eigenvalue weighted by Crippen LogP contribution is 1.98. The lowest BCUT2D eigenvalue weighted by molar-refractivity contribution is 0.922. The molecule has 0 fully saturated rings. The summed E-state index contributed by atoms with van der Waals surface area (Å²) in [4.78, 5) is 0. The van der Waals surface area contributed by atoms with E-state index in [1.165, 1.54) is 0 Å².